The lowest BCUT2D eigenvalue weighted by Gasteiger charge is -2.27. The Labute approximate surface area is 113 Å². The second-order valence-electron chi connectivity index (χ2n) is 5.67. The molecule has 2 rings (SSSR count). The molecule has 1 aliphatic rings. The molecule has 3 N–H and O–H groups in total. The van der Waals surface area contributed by atoms with Crippen LogP contribution in [0.15, 0.2) is 5.16 Å². The summed E-state index contributed by atoms with van der Waals surface area (Å²) in [6.07, 6.45) is 2.40. The van der Waals surface area contributed by atoms with Crippen molar-refractivity contribution in [1.29, 1.82) is 0 Å². The van der Waals surface area contributed by atoms with Gasteiger partial charge in [-0.3, -0.25) is 4.68 Å². The van der Waals surface area contributed by atoms with Crippen LogP contribution >= 0.6 is 0 Å². The standard InChI is InChI=1S/C13H23N5O/c1-8(2)7-18(10-5-6-10)13-11(12(14)16-19)9(3)15-17(13)4/h8,10,19H,5-7H2,1-4H3,(H2,14,16). The molecule has 1 fully saturated rings. The highest BCUT2D eigenvalue weighted by Crippen LogP contribution is 2.35. The molecular formula is C13H23N5O. The van der Waals surface area contributed by atoms with Crippen molar-refractivity contribution in [2.24, 2.45) is 23.9 Å². The van der Waals surface area contributed by atoms with Gasteiger partial charge >= 0.3 is 0 Å². The van der Waals surface area contributed by atoms with Gasteiger partial charge in [0.2, 0.25) is 0 Å². The van der Waals surface area contributed by atoms with Gasteiger partial charge in [-0.1, -0.05) is 19.0 Å². The second-order valence-corrected chi connectivity index (χ2v) is 5.67. The Morgan fingerprint density at radius 1 is 1.58 bits per heavy atom. The number of nitrogens with two attached hydrogens (primary N) is 1. The lowest BCUT2D eigenvalue weighted by atomic mass is 10.1. The van der Waals surface area contributed by atoms with Crippen molar-refractivity contribution >= 4 is 11.7 Å². The van der Waals surface area contributed by atoms with E-state index in [9.17, 15) is 0 Å². The molecule has 0 saturated heterocycles. The molecule has 1 saturated carbocycles. The first kappa shape index (κ1) is 13.7. The molecule has 0 unspecified atom stereocenters. The maximum Gasteiger partial charge on any atom is 0.175 e. The van der Waals surface area contributed by atoms with E-state index in [1.54, 1.807) is 0 Å². The van der Waals surface area contributed by atoms with Crippen LogP contribution in [0.1, 0.15) is 37.9 Å². The van der Waals surface area contributed by atoms with Crippen molar-refractivity contribution in [3.63, 3.8) is 0 Å². The van der Waals surface area contributed by atoms with Crippen molar-refractivity contribution in [2.75, 3.05) is 11.4 Å². The van der Waals surface area contributed by atoms with Crippen LogP contribution in [-0.4, -0.2) is 33.4 Å². The number of hydrogen-bond donors (Lipinski definition) is 2. The highest BCUT2D eigenvalue weighted by molar-refractivity contribution is 6.02. The third-order valence-corrected chi connectivity index (χ3v) is 3.38. The SMILES string of the molecule is Cc1nn(C)c(N(CC(C)C)C2CC2)c1C(N)=NO. The smallest absolute Gasteiger partial charge is 0.175 e. The average molecular weight is 265 g/mol. The summed E-state index contributed by atoms with van der Waals surface area (Å²) in [7, 11) is 1.91. The summed E-state index contributed by atoms with van der Waals surface area (Å²) in [5, 5.41) is 16.5. The van der Waals surface area contributed by atoms with Crippen LogP contribution in [0.3, 0.4) is 0 Å². The van der Waals surface area contributed by atoms with Gasteiger partial charge in [-0.2, -0.15) is 5.10 Å². The molecule has 0 bridgehead atoms. The van der Waals surface area contributed by atoms with Crippen LogP contribution in [-0.2, 0) is 7.05 Å². The molecule has 0 radical (unpaired) electrons. The normalized spacial score (nSPS) is 16.2. The Morgan fingerprint density at radius 2 is 2.21 bits per heavy atom. The molecule has 106 valence electrons. The molecule has 0 aliphatic heterocycles. The van der Waals surface area contributed by atoms with Crippen LogP contribution in [0.4, 0.5) is 5.82 Å². The fraction of sp³-hybridized carbons (Fsp3) is 0.692. The molecule has 1 aliphatic carbocycles. The zero-order valence-electron chi connectivity index (χ0n) is 12.1. The lowest BCUT2D eigenvalue weighted by molar-refractivity contribution is 0.318. The lowest BCUT2D eigenvalue weighted by Crippen LogP contribution is -2.33. The van der Waals surface area contributed by atoms with Crippen LogP contribution in [0.5, 0.6) is 0 Å². The number of amidine groups is 1. The number of aromatic nitrogens is 2. The third kappa shape index (κ3) is 2.67. The van der Waals surface area contributed by atoms with Crippen molar-refractivity contribution in [2.45, 2.75) is 39.7 Å². The number of oxime groups is 1. The highest BCUT2D eigenvalue weighted by atomic mass is 16.4. The summed E-state index contributed by atoms with van der Waals surface area (Å²) in [4.78, 5) is 2.35. The van der Waals surface area contributed by atoms with Crippen molar-refractivity contribution in [1.82, 2.24) is 9.78 Å². The van der Waals surface area contributed by atoms with E-state index >= 15 is 0 Å². The van der Waals surface area contributed by atoms with Gasteiger partial charge in [0.1, 0.15) is 5.82 Å². The second kappa shape index (κ2) is 5.11. The molecular weight excluding hydrogens is 242 g/mol. The molecule has 1 heterocycles. The summed E-state index contributed by atoms with van der Waals surface area (Å²) in [5.41, 5.74) is 7.36. The first-order valence-corrected chi connectivity index (χ1v) is 6.73. The molecule has 1 aromatic heterocycles. The maximum atomic E-state index is 8.97. The Bertz CT molecular complexity index is 487. The molecule has 0 aromatic carbocycles. The highest BCUT2D eigenvalue weighted by Gasteiger charge is 2.34. The zero-order chi connectivity index (χ0) is 14.2. The molecule has 6 nitrogen and oxygen atoms in total. The molecule has 0 atom stereocenters. The average Bonchev–Trinajstić information content (AvgIpc) is 3.11. The van der Waals surface area contributed by atoms with Crippen LogP contribution in [0, 0.1) is 12.8 Å². The fourth-order valence-corrected chi connectivity index (χ4v) is 2.51. The summed E-state index contributed by atoms with van der Waals surface area (Å²) in [5.74, 6) is 1.65. The number of aryl methyl sites for hydroxylation is 2. The quantitative estimate of drug-likeness (QED) is 0.365. The number of anilines is 1. The summed E-state index contributed by atoms with van der Waals surface area (Å²) in [6, 6.07) is 0.558. The fourth-order valence-electron chi connectivity index (χ4n) is 2.51. The van der Waals surface area contributed by atoms with Gasteiger partial charge in [0.05, 0.1) is 11.3 Å². The van der Waals surface area contributed by atoms with E-state index in [0.29, 0.717) is 12.0 Å². The van der Waals surface area contributed by atoms with Crippen LogP contribution in [0.2, 0.25) is 0 Å². The van der Waals surface area contributed by atoms with Gasteiger partial charge < -0.3 is 15.8 Å². The van der Waals surface area contributed by atoms with Crippen molar-refractivity contribution < 1.29 is 5.21 Å². The Morgan fingerprint density at radius 3 is 2.68 bits per heavy atom. The van der Waals surface area contributed by atoms with E-state index in [1.807, 2.05) is 18.7 Å². The minimum absolute atomic E-state index is 0.134. The van der Waals surface area contributed by atoms with Gasteiger partial charge in [-0.25, -0.2) is 0 Å². The largest absolute Gasteiger partial charge is 0.409 e. The molecule has 1 aromatic rings. The number of rotatable bonds is 5. The predicted octanol–water partition coefficient (Wildman–Crippen LogP) is 1.45. The Hall–Kier alpha value is -1.72. The summed E-state index contributed by atoms with van der Waals surface area (Å²) < 4.78 is 1.84. The van der Waals surface area contributed by atoms with E-state index in [0.717, 1.165) is 23.6 Å². The molecule has 0 amide bonds. The van der Waals surface area contributed by atoms with Crippen molar-refractivity contribution in [3.8, 4) is 0 Å². The van der Waals surface area contributed by atoms with Gasteiger partial charge in [0.15, 0.2) is 5.84 Å². The predicted molar refractivity (Wildman–Crippen MR) is 75.7 cm³/mol. The van der Waals surface area contributed by atoms with Gasteiger partial charge in [0, 0.05) is 19.6 Å². The topological polar surface area (TPSA) is 79.7 Å². The first-order chi connectivity index (χ1) is 8.95. The van der Waals surface area contributed by atoms with Gasteiger partial charge in [-0.05, 0) is 25.7 Å². The van der Waals surface area contributed by atoms with E-state index in [-0.39, 0.29) is 5.84 Å². The summed E-state index contributed by atoms with van der Waals surface area (Å²) >= 11 is 0. The maximum absolute atomic E-state index is 8.97. The summed E-state index contributed by atoms with van der Waals surface area (Å²) in [6.45, 7) is 7.23. The zero-order valence-corrected chi connectivity index (χ0v) is 12.1. The Kier molecular flexibility index (Phi) is 3.68. The molecule has 6 heteroatoms. The minimum Gasteiger partial charge on any atom is -0.409 e. The van der Waals surface area contributed by atoms with Crippen LogP contribution < -0.4 is 10.6 Å². The van der Waals surface area contributed by atoms with Gasteiger partial charge in [0.25, 0.3) is 0 Å². The van der Waals surface area contributed by atoms with Gasteiger partial charge in [-0.15, -0.1) is 0 Å². The number of nitrogens with zero attached hydrogens (tertiary/aromatic N) is 4. The monoisotopic (exact) mass is 265 g/mol. The van der Waals surface area contributed by atoms with Crippen molar-refractivity contribution in [3.05, 3.63) is 11.3 Å². The van der Waals surface area contributed by atoms with E-state index < -0.39 is 0 Å². The number of hydrogen-bond acceptors (Lipinski definition) is 4. The van der Waals surface area contributed by atoms with E-state index in [4.69, 9.17) is 10.9 Å². The minimum atomic E-state index is 0.134. The van der Waals surface area contributed by atoms with Crippen LogP contribution in [0.25, 0.3) is 0 Å². The Balaban J connectivity index is 2.46. The van der Waals surface area contributed by atoms with E-state index in [2.05, 4.69) is 29.0 Å². The van der Waals surface area contributed by atoms with E-state index in [1.165, 1.54) is 12.8 Å². The first-order valence-electron chi connectivity index (χ1n) is 6.73. The molecule has 0 spiro atoms. The third-order valence-electron chi connectivity index (χ3n) is 3.38. The molecule has 19 heavy (non-hydrogen) atoms.